The third kappa shape index (κ3) is 2.02. The van der Waals surface area contributed by atoms with Crippen molar-refractivity contribution in [3.8, 4) is 0 Å². The summed E-state index contributed by atoms with van der Waals surface area (Å²) < 4.78 is 0. The molecule has 3 atom stereocenters. The fourth-order valence-electron chi connectivity index (χ4n) is 3.31. The summed E-state index contributed by atoms with van der Waals surface area (Å²) in [6, 6.07) is 1.71. The van der Waals surface area contributed by atoms with Crippen LogP contribution in [0.25, 0.3) is 0 Å². The quantitative estimate of drug-likeness (QED) is 0.878. The van der Waals surface area contributed by atoms with E-state index in [0.717, 1.165) is 12.1 Å². The van der Waals surface area contributed by atoms with Crippen LogP contribution in [0.1, 0.15) is 54.5 Å². The van der Waals surface area contributed by atoms with Crippen molar-refractivity contribution in [2.45, 2.75) is 56.7 Å². The van der Waals surface area contributed by atoms with Crippen LogP contribution in [0.5, 0.6) is 0 Å². The molecule has 2 saturated heterocycles. The van der Waals surface area contributed by atoms with Gasteiger partial charge in [0.25, 0.3) is 0 Å². The van der Waals surface area contributed by atoms with Gasteiger partial charge in [0, 0.05) is 35.1 Å². The number of fused-ring (bicyclic) bond motifs is 2. The first-order chi connectivity index (χ1) is 8.15. The molecule has 1 aromatic heterocycles. The van der Waals surface area contributed by atoms with Crippen molar-refractivity contribution < 1.29 is 0 Å². The second kappa shape index (κ2) is 4.34. The first-order valence-electron chi connectivity index (χ1n) is 6.58. The van der Waals surface area contributed by atoms with Crippen LogP contribution in [-0.4, -0.2) is 29.0 Å². The molecule has 4 heteroatoms. The first kappa shape index (κ1) is 11.6. The van der Waals surface area contributed by atoms with Gasteiger partial charge < -0.3 is 10.6 Å². The molecule has 94 valence electrons. The molecule has 2 fully saturated rings. The minimum Gasteiger partial charge on any atom is -0.323 e. The van der Waals surface area contributed by atoms with Crippen molar-refractivity contribution in [3.63, 3.8) is 0 Å². The molecule has 2 aliphatic rings. The van der Waals surface area contributed by atoms with E-state index in [9.17, 15) is 0 Å². The molecule has 3 nitrogen and oxygen atoms in total. The molecule has 2 aliphatic heterocycles. The number of nitrogens with two attached hydrogens (primary N) is 1. The molecule has 3 unspecified atom stereocenters. The molecule has 0 amide bonds. The molecule has 0 saturated carbocycles. The van der Waals surface area contributed by atoms with Crippen molar-refractivity contribution >= 4 is 11.3 Å². The monoisotopic (exact) mass is 251 g/mol. The fraction of sp³-hybridized carbons (Fsp3) is 0.769. The van der Waals surface area contributed by atoms with E-state index in [1.807, 2.05) is 24.5 Å². The van der Waals surface area contributed by atoms with Gasteiger partial charge in [-0.2, -0.15) is 0 Å². The lowest BCUT2D eigenvalue weighted by atomic mass is 9.92. The fourth-order valence-corrected chi connectivity index (χ4v) is 4.31. The second-order valence-corrected chi connectivity index (χ2v) is 6.70. The highest BCUT2D eigenvalue weighted by Crippen LogP contribution is 2.43. The standard InChI is InChI=1S/C13H21N3S/c1-8(14)12-7-15-13(17-12)9-5-10-3-4-11(6-9)16(10)2/h7-11H,3-6,14H2,1-2H3. The Morgan fingerprint density at radius 3 is 2.59 bits per heavy atom. The van der Waals surface area contributed by atoms with Gasteiger partial charge in [0.2, 0.25) is 0 Å². The molecular formula is C13H21N3S. The number of rotatable bonds is 2. The zero-order valence-corrected chi connectivity index (χ0v) is 11.4. The summed E-state index contributed by atoms with van der Waals surface area (Å²) in [6.07, 6.45) is 7.31. The molecule has 17 heavy (non-hydrogen) atoms. The average Bonchev–Trinajstić information content (AvgIpc) is 2.83. The zero-order chi connectivity index (χ0) is 12.0. The average molecular weight is 251 g/mol. The Labute approximate surface area is 107 Å². The molecule has 3 rings (SSSR count). The van der Waals surface area contributed by atoms with E-state index in [1.54, 1.807) is 0 Å². The summed E-state index contributed by atoms with van der Waals surface area (Å²) in [4.78, 5) is 8.41. The summed E-state index contributed by atoms with van der Waals surface area (Å²) in [6.45, 7) is 2.04. The van der Waals surface area contributed by atoms with Gasteiger partial charge in [-0.3, -0.25) is 0 Å². The third-order valence-corrected chi connectivity index (χ3v) is 5.80. The van der Waals surface area contributed by atoms with E-state index in [-0.39, 0.29) is 6.04 Å². The van der Waals surface area contributed by atoms with Crippen LogP contribution in [-0.2, 0) is 0 Å². The van der Waals surface area contributed by atoms with Crippen molar-refractivity contribution in [1.29, 1.82) is 0 Å². The Hall–Kier alpha value is -0.450. The maximum absolute atomic E-state index is 5.91. The van der Waals surface area contributed by atoms with Crippen molar-refractivity contribution in [2.24, 2.45) is 5.73 Å². The molecular weight excluding hydrogens is 230 g/mol. The summed E-state index contributed by atoms with van der Waals surface area (Å²) >= 11 is 1.83. The lowest BCUT2D eigenvalue weighted by Gasteiger charge is -2.35. The highest BCUT2D eigenvalue weighted by atomic mass is 32.1. The summed E-state index contributed by atoms with van der Waals surface area (Å²) in [7, 11) is 2.29. The molecule has 2 N–H and O–H groups in total. The Balaban J connectivity index is 1.77. The van der Waals surface area contributed by atoms with E-state index in [2.05, 4.69) is 16.9 Å². The van der Waals surface area contributed by atoms with Gasteiger partial charge in [-0.1, -0.05) is 0 Å². The topological polar surface area (TPSA) is 42.1 Å². The van der Waals surface area contributed by atoms with Gasteiger partial charge in [0.1, 0.15) is 0 Å². The van der Waals surface area contributed by atoms with Crippen LogP contribution < -0.4 is 5.73 Å². The minimum absolute atomic E-state index is 0.129. The molecule has 3 heterocycles. The maximum atomic E-state index is 5.91. The van der Waals surface area contributed by atoms with E-state index in [4.69, 9.17) is 5.73 Å². The summed E-state index contributed by atoms with van der Waals surface area (Å²) in [5.41, 5.74) is 5.91. The van der Waals surface area contributed by atoms with Gasteiger partial charge in [-0.15, -0.1) is 11.3 Å². The van der Waals surface area contributed by atoms with Crippen LogP contribution in [0.4, 0.5) is 0 Å². The largest absolute Gasteiger partial charge is 0.323 e. The summed E-state index contributed by atoms with van der Waals surface area (Å²) in [5, 5.41) is 1.32. The lowest BCUT2D eigenvalue weighted by molar-refractivity contribution is 0.161. The second-order valence-electron chi connectivity index (χ2n) is 5.61. The van der Waals surface area contributed by atoms with Crippen LogP contribution in [0.2, 0.25) is 0 Å². The van der Waals surface area contributed by atoms with Crippen molar-refractivity contribution in [1.82, 2.24) is 9.88 Å². The lowest BCUT2D eigenvalue weighted by Crippen LogP contribution is -2.39. The molecule has 2 bridgehead atoms. The minimum atomic E-state index is 0.129. The van der Waals surface area contributed by atoms with Gasteiger partial charge in [0.05, 0.1) is 5.01 Å². The first-order valence-corrected chi connectivity index (χ1v) is 7.40. The van der Waals surface area contributed by atoms with E-state index < -0.39 is 0 Å². The van der Waals surface area contributed by atoms with Crippen LogP contribution in [0.15, 0.2) is 6.20 Å². The van der Waals surface area contributed by atoms with Crippen molar-refractivity contribution in [3.05, 3.63) is 16.1 Å². The van der Waals surface area contributed by atoms with Gasteiger partial charge in [0.15, 0.2) is 0 Å². The van der Waals surface area contributed by atoms with Gasteiger partial charge in [-0.05, 0) is 39.7 Å². The zero-order valence-electron chi connectivity index (χ0n) is 10.6. The number of piperidine rings is 1. The Morgan fingerprint density at radius 1 is 1.41 bits per heavy atom. The highest BCUT2D eigenvalue weighted by Gasteiger charge is 2.39. The predicted octanol–water partition coefficient (Wildman–Crippen LogP) is 2.50. The number of aromatic nitrogens is 1. The Morgan fingerprint density at radius 2 is 2.06 bits per heavy atom. The smallest absolute Gasteiger partial charge is 0.0960 e. The predicted molar refractivity (Wildman–Crippen MR) is 71.3 cm³/mol. The van der Waals surface area contributed by atoms with E-state index in [0.29, 0.717) is 5.92 Å². The van der Waals surface area contributed by atoms with Crippen LogP contribution >= 0.6 is 11.3 Å². The molecule has 0 spiro atoms. The van der Waals surface area contributed by atoms with Crippen LogP contribution in [0, 0.1) is 0 Å². The normalized spacial score (nSPS) is 35.1. The third-order valence-electron chi connectivity index (χ3n) is 4.44. The number of hydrogen-bond acceptors (Lipinski definition) is 4. The summed E-state index contributed by atoms with van der Waals surface area (Å²) in [5.74, 6) is 0.682. The molecule has 0 aromatic carbocycles. The van der Waals surface area contributed by atoms with E-state index >= 15 is 0 Å². The van der Waals surface area contributed by atoms with Gasteiger partial charge in [-0.25, -0.2) is 4.98 Å². The van der Waals surface area contributed by atoms with Crippen molar-refractivity contribution in [2.75, 3.05) is 7.05 Å². The van der Waals surface area contributed by atoms with Gasteiger partial charge >= 0.3 is 0 Å². The Bertz CT molecular complexity index is 387. The molecule has 0 radical (unpaired) electrons. The highest BCUT2D eigenvalue weighted by molar-refractivity contribution is 7.11. The molecule has 1 aromatic rings. The van der Waals surface area contributed by atoms with E-state index in [1.165, 1.54) is 35.6 Å². The van der Waals surface area contributed by atoms with Crippen LogP contribution in [0.3, 0.4) is 0 Å². The number of hydrogen-bond donors (Lipinski definition) is 1. The number of nitrogens with zero attached hydrogens (tertiary/aromatic N) is 2. The molecule has 0 aliphatic carbocycles. The maximum Gasteiger partial charge on any atom is 0.0960 e. The Kier molecular flexibility index (Phi) is 2.97. The number of thiazole rings is 1. The SMILES string of the molecule is CC(N)c1cnc(C2CC3CCC(C2)N3C)s1.